The van der Waals surface area contributed by atoms with E-state index in [1.54, 1.807) is 12.3 Å². The lowest BCUT2D eigenvalue weighted by atomic mass is 10.1. The molecule has 33 heavy (non-hydrogen) atoms. The zero-order chi connectivity index (χ0) is 22.8. The summed E-state index contributed by atoms with van der Waals surface area (Å²) in [4.78, 5) is 25.5. The number of nitrogens with zero attached hydrogens (tertiary/aromatic N) is 3. The molecule has 4 aromatic rings. The fraction of sp³-hybridized carbons (Fsp3) is 0.292. The van der Waals surface area contributed by atoms with Gasteiger partial charge in [0.25, 0.3) is 0 Å². The van der Waals surface area contributed by atoms with Crippen LogP contribution in [0.4, 0.5) is 23.1 Å². The number of anilines is 4. The van der Waals surface area contributed by atoms with Crippen LogP contribution in [0, 0.1) is 6.92 Å². The highest BCUT2D eigenvalue weighted by Gasteiger charge is 2.18. The maximum absolute atomic E-state index is 11.4. The number of morpholine rings is 1. The lowest BCUT2D eigenvalue weighted by molar-refractivity contribution is 0.0198. The highest BCUT2D eigenvalue weighted by atomic mass is 16.5. The third kappa shape index (κ3) is 4.74. The number of H-pyrrole nitrogens is 1. The normalized spacial score (nSPS) is 15.5. The quantitative estimate of drug-likeness (QED) is 0.406. The van der Waals surface area contributed by atoms with E-state index in [0.29, 0.717) is 28.9 Å². The average molecular weight is 447 g/mol. The second-order valence-electron chi connectivity index (χ2n) is 8.15. The molecule has 2 aromatic carbocycles. The van der Waals surface area contributed by atoms with E-state index in [4.69, 9.17) is 9.15 Å². The summed E-state index contributed by atoms with van der Waals surface area (Å²) in [6.45, 7) is 7.66. The van der Waals surface area contributed by atoms with Gasteiger partial charge in [0, 0.05) is 42.3 Å². The number of fused-ring (bicyclic) bond motifs is 1. The summed E-state index contributed by atoms with van der Waals surface area (Å²) < 4.78 is 10.5. The van der Waals surface area contributed by atoms with E-state index in [2.05, 4.69) is 49.5 Å². The van der Waals surface area contributed by atoms with E-state index in [1.807, 2.05) is 31.2 Å². The summed E-state index contributed by atoms with van der Waals surface area (Å²) in [6, 6.07) is 14.1. The minimum Gasteiger partial charge on any atom is -0.408 e. The molecule has 0 saturated carbocycles. The van der Waals surface area contributed by atoms with Gasteiger partial charge in [-0.25, -0.2) is 9.78 Å². The minimum absolute atomic E-state index is 0.344. The number of aromatic nitrogens is 3. The summed E-state index contributed by atoms with van der Waals surface area (Å²) >= 11 is 0. The molecule has 9 heteroatoms. The van der Waals surface area contributed by atoms with Crippen molar-refractivity contribution in [3.63, 3.8) is 0 Å². The van der Waals surface area contributed by atoms with Gasteiger partial charge in [0.05, 0.1) is 18.7 Å². The Morgan fingerprint density at radius 2 is 1.82 bits per heavy atom. The number of aromatic amines is 1. The molecule has 5 rings (SSSR count). The molecule has 0 bridgehead atoms. The van der Waals surface area contributed by atoms with Crippen molar-refractivity contribution >= 4 is 34.2 Å². The van der Waals surface area contributed by atoms with Gasteiger partial charge in [0.15, 0.2) is 5.58 Å². The molecular weight excluding hydrogens is 420 g/mol. The molecule has 1 aliphatic heterocycles. The molecule has 2 aromatic heterocycles. The second kappa shape index (κ2) is 9.05. The molecule has 0 radical (unpaired) electrons. The third-order valence-electron chi connectivity index (χ3n) is 5.90. The minimum atomic E-state index is -0.475. The summed E-state index contributed by atoms with van der Waals surface area (Å²) in [5, 5.41) is 6.57. The number of ether oxygens (including phenoxy) is 1. The summed E-state index contributed by atoms with van der Waals surface area (Å²) in [5.74, 6) is 0.697. The van der Waals surface area contributed by atoms with Gasteiger partial charge in [-0.2, -0.15) is 4.98 Å². The second-order valence-corrected chi connectivity index (χ2v) is 8.15. The fourth-order valence-electron chi connectivity index (χ4n) is 3.94. The summed E-state index contributed by atoms with van der Waals surface area (Å²) in [5.41, 5.74) is 5.01. The number of hydrogen-bond donors (Lipinski definition) is 3. The van der Waals surface area contributed by atoms with Crippen LogP contribution in [-0.4, -0.2) is 46.2 Å². The van der Waals surface area contributed by atoms with Crippen LogP contribution in [0.15, 0.2) is 57.9 Å². The van der Waals surface area contributed by atoms with Crippen molar-refractivity contribution in [2.75, 3.05) is 36.9 Å². The standard InChI is InChI=1S/C24H26N6O3/c1-15-14-25-23(29-22(15)26-19-7-8-21-20(13-19)28-24(31)33-21)27-18-5-3-17(4-6-18)16(2)30-9-11-32-12-10-30/h3-8,13-14,16H,9-12H2,1-2H3,(H,28,31)(H2,25,26,27,29). The molecule has 1 unspecified atom stereocenters. The van der Waals surface area contributed by atoms with E-state index >= 15 is 0 Å². The molecule has 1 saturated heterocycles. The molecule has 3 N–H and O–H groups in total. The van der Waals surface area contributed by atoms with Gasteiger partial charge in [0.1, 0.15) is 5.82 Å². The van der Waals surface area contributed by atoms with Crippen molar-refractivity contribution < 1.29 is 9.15 Å². The Hall–Kier alpha value is -3.69. The lowest BCUT2D eigenvalue weighted by Crippen LogP contribution is -2.37. The maximum Gasteiger partial charge on any atom is 0.417 e. The van der Waals surface area contributed by atoms with Crippen LogP contribution < -0.4 is 16.4 Å². The highest BCUT2D eigenvalue weighted by molar-refractivity contribution is 5.78. The molecule has 170 valence electrons. The van der Waals surface area contributed by atoms with Gasteiger partial charge in [-0.1, -0.05) is 12.1 Å². The van der Waals surface area contributed by atoms with Crippen LogP contribution in [0.25, 0.3) is 11.1 Å². The van der Waals surface area contributed by atoms with Gasteiger partial charge < -0.3 is 19.8 Å². The monoisotopic (exact) mass is 446 g/mol. The van der Waals surface area contributed by atoms with Crippen LogP contribution in [0.1, 0.15) is 24.1 Å². The smallest absolute Gasteiger partial charge is 0.408 e. The zero-order valence-corrected chi connectivity index (χ0v) is 18.6. The van der Waals surface area contributed by atoms with Crippen molar-refractivity contribution in [1.82, 2.24) is 19.9 Å². The van der Waals surface area contributed by atoms with Crippen LogP contribution in [-0.2, 0) is 4.74 Å². The van der Waals surface area contributed by atoms with Crippen molar-refractivity contribution in [2.24, 2.45) is 0 Å². The molecule has 1 fully saturated rings. The van der Waals surface area contributed by atoms with Gasteiger partial charge in [-0.3, -0.25) is 9.88 Å². The predicted molar refractivity (Wildman–Crippen MR) is 127 cm³/mol. The molecule has 1 aliphatic rings. The Labute approximate surface area is 190 Å². The first-order valence-corrected chi connectivity index (χ1v) is 11.0. The zero-order valence-electron chi connectivity index (χ0n) is 18.6. The third-order valence-corrected chi connectivity index (χ3v) is 5.90. The number of benzene rings is 2. The van der Waals surface area contributed by atoms with Crippen LogP contribution in [0.5, 0.6) is 0 Å². The van der Waals surface area contributed by atoms with E-state index in [-0.39, 0.29) is 0 Å². The molecule has 0 amide bonds. The number of nitrogens with one attached hydrogen (secondary N) is 3. The Morgan fingerprint density at radius 1 is 1.06 bits per heavy atom. The van der Waals surface area contributed by atoms with Crippen molar-refractivity contribution in [3.8, 4) is 0 Å². The first-order chi connectivity index (χ1) is 16.0. The van der Waals surface area contributed by atoms with Crippen molar-refractivity contribution in [3.05, 3.63) is 70.3 Å². The number of aryl methyl sites for hydroxylation is 1. The maximum atomic E-state index is 11.4. The van der Waals surface area contributed by atoms with Crippen molar-refractivity contribution in [2.45, 2.75) is 19.9 Å². The molecule has 1 atom stereocenters. The van der Waals surface area contributed by atoms with Gasteiger partial charge in [-0.05, 0) is 49.7 Å². The lowest BCUT2D eigenvalue weighted by Gasteiger charge is -2.32. The molecule has 0 aliphatic carbocycles. The van der Waals surface area contributed by atoms with Crippen LogP contribution in [0.2, 0.25) is 0 Å². The van der Waals surface area contributed by atoms with Crippen LogP contribution in [0.3, 0.4) is 0 Å². The average Bonchev–Trinajstić information content (AvgIpc) is 3.21. The van der Waals surface area contributed by atoms with Gasteiger partial charge >= 0.3 is 5.76 Å². The number of oxazole rings is 1. The highest BCUT2D eigenvalue weighted by Crippen LogP contribution is 2.25. The summed E-state index contributed by atoms with van der Waals surface area (Å²) in [7, 11) is 0. The topological polar surface area (TPSA) is 108 Å². The predicted octanol–water partition coefficient (Wildman–Crippen LogP) is 4.10. The van der Waals surface area contributed by atoms with E-state index in [1.165, 1.54) is 5.56 Å². The Bertz CT molecular complexity index is 1310. The van der Waals surface area contributed by atoms with E-state index in [9.17, 15) is 4.79 Å². The van der Waals surface area contributed by atoms with Gasteiger partial charge in [0.2, 0.25) is 5.95 Å². The Balaban J connectivity index is 1.29. The van der Waals surface area contributed by atoms with E-state index in [0.717, 1.165) is 43.2 Å². The largest absolute Gasteiger partial charge is 0.417 e. The number of rotatable bonds is 6. The first-order valence-electron chi connectivity index (χ1n) is 11.0. The number of hydrogen-bond acceptors (Lipinski definition) is 8. The summed E-state index contributed by atoms with van der Waals surface area (Å²) in [6.07, 6.45) is 1.77. The van der Waals surface area contributed by atoms with Gasteiger partial charge in [-0.15, -0.1) is 0 Å². The fourth-order valence-corrected chi connectivity index (χ4v) is 3.94. The van der Waals surface area contributed by atoms with E-state index < -0.39 is 5.76 Å². The van der Waals surface area contributed by atoms with Crippen LogP contribution >= 0.6 is 0 Å². The Morgan fingerprint density at radius 3 is 2.61 bits per heavy atom. The first kappa shape index (κ1) is 21.2. The molecule has 3 heterocycles. The molecule has 9 nitrogen and oxygen atoms in total. The molecule has 0 spiro atoms. The SMILES string of the molecule is Cc1cnc(Nc2ccc(C(C)N3CCOCC3)cc2)nc1Nc1ccc2oc(=O)[nH]c2c1. The molecular formula is C24H26N6O3. The Kier molecular flexibility index (Phi) is 5.80. The van der Waals surface area contributed by atoms with Crippen molar-refractivity contribution in [1.29, 1.82) is 0 Å².